The fourth-order valence-corrected chi connectivity index (χ4v) is 1.82. The van der Waals surface area contributed by atoms with Gasteiger partial charge in [0.25, 0.3) is 0 Å². The van der Waals surface area contributed by atoms with Gasteiger partial charge in [0.1, 0.15) is 0 Å². The highest BCUT2D eigenvalue weighted by molar-refractivity contribution is 7.98. The summed E-state index contributed by atoms with van der Waals surface area (Å²) in [7, 11) is 0. The first-order valence-electron chi connectivity index (χ1n) is 5.09. The summed E-state index contributed by atoms with van der Waals surface area (Å²) in [6.07, 6.45) is 2.12. The molecule has 0 saturated carbocycles. The van der Waals surface area contributed by atoms with Crippen LogP contribution in [0.15, 0.2) is 30.3 Å². The molecule has 1 unspecified atom stereocenters. The van der Waals surface area contributed by atoms with E-state index in [2.05, 4.69) is 30.3 Å². The molecule has 1 N–H and O–H groups in total. The van der Waals surface area contributed by atoms with Crippen LogP contribution < -0.4 is 5.32 Å². The fourth-order valence-electron chi connectivity index (χ4n) is 1.20. The Hall–Kier alpha value is -0.910. The lowest BCUT2D eigenvalue weighted by Crippen LogP contribution is -2.28. The van der Waals surface area contributed by atoms with E-state index in [0.29, 0.717) is 6.04 Å². The van der Waals surface area contributed by atoms with Crippen molar-refractivity contribution in [2.24, 2.45) is 0 Å². The van der Waals surface area contributed by atoms with Crippen molar-refractivity contribution in [2.75, 3.05) is 18.6 Å². The van der Waals surface area contributed by atoms with Crippen molar-refractivity contribution in [3.63, 3.8) is 0 Å². The van der Waals surface area contributed by atoms with Crippen LogP contribution in [0.3, 0.4) is 0 Å². The minimum atomic E-state index is 0.532. The van der Waals surface area contributed by atoms with Crippen molar-refractivity contribution in [2.45, 2.75) is 13.0 Å². The smallest absolute Gasteiger partial charge is 0.0582 e. The second kappa shape index (κ2) is 7.39. The van der Waals surface area contributed by atoms with Gasteiger partial charge in [-0.3, -0.25) is 0 Å². The highest BCUT2D eigenvalue weighted by Crippen LogP contribution is 1.96. The third-order valence-corrected chi connectivity index (χ3v) is 2.80. The van der Waals surface area contributed by atoms with E-state index in [1.165, 1.54) is 0 Å². The van der Waals surface area contributed by atoms with Gasteiger partial charge in [0, 0.05) is 17.4 Å². The number of hydrogen-bond donors (Lipinski definition) is 1. The molecule has 1 aromatic carbocycles. The lowest BCUT2D eigenvalue weighted by atomic mass is 10.2. The van der Waals surface area contributed by atoms with Gasteiger partial charge >= 0.3 is 0 Å². The van der Waals surface area contributed by atoms with Gasteiger partial charge in [0.2, 0.25) is 0 Å². The topological polar surface area (TPSA) is 12.0 Å². The first-order valence-corrected chi connectivity index (χ1v) is 6.48. The van der Waals surface area contributed by atoms with Crippen LogP contribution in [0.2, 0.25) is 0 Å². The lowest BCUT2D eigenvalue weighted by molar-refractivity contribution is 0.647. The number of hydrogen-bond acceptors (Lipinski definition) is 2. The van der Waals surface area contributed by atoms with E-state index in [0.717, 1.165) is 17.9 Å². The van der Waals surface area contributed by atoms with E-state index in [4.69, 9.17) is 0 Å². The van der Waals surface area contributed by atoms with Crippen LogP contribution in [-0.2, 0) is 0 Å². The quantitative estimate of drug-likeness (QED) is 0.780. The van der Waals surface area contributed by atoms with Crippen LogP contribution in [0, 0.1) is 11.8 Å². The molecular formula is C13H17NS. The van der Waals surface area contributed by atoms with Crippen molar-refractivity contribution in [1.29, 1.82) is 0 Å². The van der Waals surface area contributed by atoms with Gasteiger partial charge in [-0.25, -0.2) is 0 Å². The first-order chi connectivity index (χ1) is 7.33. The minimum Gasteiger partial charge on any atom is -0.303 e. The molecule has 0 saturated heterocycles. The molecule has 15 heavy (non-hydrogen) atoms. The standard InChI is InChI=1S/C13H17NS/c1-12(11-15-2)14-10-6-9-13-7-4-3-5-8-13/h3-5,7-8,12,14H,10-11H2,1-2H3. The second-order valence-corrected chi connectivity index (χ2v) is 4.32. The third kappa shape index (κ3) is 5.51. The maximum Gasteiger partial charge on any atom is 0.0582 e. The Morgan fingerprint density at radius 3 is 2.73 bits per heavy atom. The van der Waals surface area contributed by atoms with Gasteiger partial charge in [-0.2, -0.15) is 11.8 Å². The summed E-state index contributed by atoms with van der Waals surface area (Å²) in [5.41, 5.74) is 1.08. The Morgan fingerprint density at radius 1 is 1.33 bits per heavy atom. The van der Waals surface area contributed by atoms with E-state index in [1.54, 1.807) is 0 Å². The Bertz CT molecular complexity index is 323. The summed E-state index contributed by atoms with van der Waals surface area (Å²) in [5, 5.41) is 3.36. The van der Waals surface area contributed by atoms with Crippen LogP contribution in [0.25, 0.3) is 0 Å². The zero-order valence-corrected chi connectivity index (χ0v) is 10.1. The summed E-state index contributed by atoms with van der Waals surface area (Å²) in [6, 6.07) is 10.6. The zero-order valence-electron chi connectivity index (χ0n) is 9.29. The Balaban J connectivity index is 2.28. The molecule has 1 rings (SSSR count). The maximum atomic E-state index is 3.36. The van der Waals surface area contributed by atoms with Crippen LogP contribution in [0.4, 0.5) is 0 Å². The van der Waals surface area contributed by atoms with Gasteiger partial charge < -0.3 is 5.32 Å². The zero-order chi connectivity index (χ0) is 10.9. The minimum absolute atomic E-state index is 0.532. The summed E-state index contributed by atoms with van der Waals surface area (Å²) in [4.78, 5) is 0. The van der Waals surface area contributed by atoms with Crippen LogP contribution in [0.5, 0.6) is 0 Å². The molecule has 80 valence electrons. The summed E-state index contributed by atoms with van der Waals surface area (Å²) >= 11 is 1.85. The van der Waals surface area contributed by atoms with Crippen molar-refractivity contribution in [1.82, 2.24) is 5.32 Å². The van der Waals surface area contributed by atoms with Crippen LogP contribution >= 0.6 is 11.8 Å². The molecule has 0 spiro atoms. The van der Waals surface area contributed by atoms with E-state index in [1.807, 2.05) is 42.1 Å². The molecular weight excluding hydrogens is 202 g/mol. The number of benzene rings is 1. The summed E-state index contributed by atoms with van der Waals surface area (Å²) < 4.78 is 0. The molecule has 0 heterocycles. The summed E-state index contributed by atoms with van der Waals surface area (Å²) in [6.45, 7) is 2.94. The van der Waals surface area contributed by atoms with Gasteiger partial charge in [-0.15, -0.1) is 0 Å². The van der Waals surface area contributed by atoms with Crippen molar-refractivity contribution < 1.29 is 0 Å². The van der Waals surface area contributed by atoms with E-state index >= 15 is 0 Å². The highest BCUT2D eigenvalue weighted by Gasteiger charge is 1.95. The van der Waals surface area contributed by atoms with E-state index in [9.17, 15) is 0 Å². The molecule has 0 fully saturated rings. The number of nitrogens with one attached hydrogen (secondary N) is 1. The normalized spacial score (nSPS) is 11.6. The number of rotatable bonds is 4. The fraction of sp³-hybridized carbons (Fsp3) is 0.385. The highest BCUT2D eigenvalue weighted by atomic mass is 32.2. The Kier molecular flexibility index (Phi) is 5.99. The van der Waals surface area contributed by atoms with Crippen LogP contribution in [-0.4, -0.2) is 24.6 Å². The second-order valence-electron chi connectivity index (χ2n) is 3.41. The largest absolute Gasteiger partial charge is 0.303 e. The molecule has 1 aromatic rings. The monoisotopic (exact) mass is 219 g/mol. The van der Waals surface area contributed by atoms with Crippen molar-refractivity contribution in [3.8, 4) is 11.8 Å². The molecule has 0 bridgehead atoms. The third-order valence-electron chi connectivity index (χ3n) is 1.96. The van der Waals surface area contributed by atoms with Crippen molar-refractivity contribution in [3.05, 3.63) is 35.9 Å². The maximum absolute atomic E-state index is 3.36. The molecule has 2 heteroatoms. The first kappa shape index (κ1) is 12.2. The Morgan fingerprint density at radius 2 is 2.07 bits per heavy atom. The molecule has 0 radical (unpaired) electrons. The molecule has 0 aromatic heterocycles. The molecule has 1 atom stereocenters. The van der Waals surface area contributed by atoms with Crippen LogP contribution in [0.1, 0.15) is 12.5 Å². The summed E-state index contributed by atoms with van der Waals surface area (Å²) in [5.74, 6) is 7.38. The van der Waals surface area contributed by atoms with Gasteiger partial charge in [-0.05, 0) is 25.3 Å². The molecule has 0 aliphatic carbocycles. The lowest BCUT2D eigenvalue weighted by Gasteiger charge is -2.08. The van der Waals surface area contributed by atoms with E-state index in [-0.39, 0.29) is 0 Å². The van der Waals surface area contributed by atoms with Crippen molar-refractivity contribution >= 4 is 11.8 Å². The van der Waals surface area contributed by atoms with Gasteiger partial charge in [-0.1, -0.05) is 30.0 Å². The van der Waals surface area contributed by atoms with Gasteiger partial charge in [0.05, 0.1) is 6.54 Å². The molecule has 1 nitrogen and oxygen atoms in total. The average Bonchev–Trinajstić information content (AvgIpc) is 2.26. The average molecular weight is 219 g/mol. The molecule has 0 amide bonds. The van der Waals surface area contributed by atoms with E-state index < -0.39 is 0 Å². The number of thioether (sulfide) groups is 1. The predicted molar refractivity (Wildman–Crippen MR) is 69.2 cm³/mol. The predicted octanol–water partition coefficient (Wildman–Crippen LogP) is 2.38. The van der Waals surface area contributed by atoms with Gasteiger partial charge in [0.15, 0.2) is 0 Å². The molecule has 0 aliphatic heterocycles. The Labute approximate surface area is 96.7 Å². The SMILES string of the molecule is CSCC(C)NCC#Cc1ccccc1. The molecule has 0 aliphatic rings.